The molecule has 2 unspecified atom stereocenters. The first-order valence-electron chi connectivity index (χ1n) is 5.31. The third-order valence-electron chi connectivity index (χ3n) is 3.11. The zero-order valence-electron chi connectivity index (χ0n) is 8.73. The molecule has 0 aromatic carbocycles. The van der Waals surface area contributed by atoms with Gasteiger partial charge in [0.25, 0.3) is 6.43 Å². The molecule has 0 bridgehead atoms. The predicted molar refractivity (Wildman–Crippen MR) is 53.4 cm³/mol. The van der Waals surface area contributed by atoms with Crippen molar-refractivity contribution in [3.05, 3.63) is 0 Å². The minimum atomic E-state index is -2.28. The second-order valence-electron chi connectivity index (χ2n) is 4.46. The monoisotopic (exact) mass is 206 g/mol. The zero-order chi connectivity index (χ0) is 10.6. The fourth-order valence-corrected chi connectivity index (χ4v) is 2.37. The number of hydrogen-bond donors (Lipinski definition) is 2. The van der Waals surface area contributed by atoms with Crippen molar-refractivity contribution >= 4 is 0 Å². The van der Waals surface area contributed by atoms with Crippen LogP contribution in [0.2, 0.25) is 0 Å². The van der Waals surface area contributed by atoms with Crippen LogP contribution in [0.15, 0.2) is 0 Å². The molecule has 4 heteroatoms. The molecule has 1 fully saturated rings. The van der Waals surface area contributed by atoms with E-state index >= 15 is 0 Å². The van der Waals surface area contributed by atoms with E-state index in [0.29, 0.717) is 12.5 Å². The van der Waals surface area contributed by atoms with E-state index in [-0.39, 0.29) is 12.1 Å². The highest BCUT2D eigenvalue weighted by Crippen LogP contribution is 2.31. The lowest BCUT2D eigenvalue weighted by Crippen LogP contribution is -2.55. The summed E-state index contributed by atoms with van der Waals surface area (Å²) in [6.45, 7) is 2.39. The molecule has 2 nitrogen and oxygen atoms in total. The molecular formula is C10H20F2N2. The van der Waals surface area contributed by atoms with E-state index in [0.717, 1.165) is 19.3 Å². The SMILES string of the molecule is CC1CCCC(CN)(NCC(F)F)C1. The van der Waals surface area contributed by atoms with Crippen molar-refractivity contribution in [1.82, 2.24) is 5.32 Å². The summed E-state index contributed by atoms with van der Waals surface area (Å²) in [4.78, 5) is 0. The van der Waals surface area contributed by atoms with Crippen LogP contribution in [0.25, 0.3) is 0 Å². The molecule has 1 saturated carbocycles. The Hall–Kier alpha value is -0.220. The van der Waals surface area contributed by atoms with Gasteiger partial charge < -0.3 is 11.1 Å². The standard InChI is InChI=1S/C10H20F2N2/c1-8-3-2-4-10(5-8,7-13)14-6-9(11)12/h8-9,14H,2-7,13H2,1H3. The molecule has 1 rings (SSSR count). The molecule has 2 atom stereocenters. The molecular weight excluding hydrogens is 186 g/mol. The highest BCUT2D eigenvalue weighted by atomic mass is 19.3. The third kappa shape index (κ3) is 3.17. The van der Waals surface area contributed by atoms with Crippen molar-refractivity contribution in [3.8, 4) is 0 Å². The summed E-state index contributed by atoms with van der Waals surface area (Å²) in [5, 5.41) is 2.94. The Bertz CT molecular complexity index is 176. The van der Waals surface area contributed by atoms with Crippen molar-refractivity contribution in [1.29, 1.82) is 0 Å². The molecule has 1 aliphatic rings. The Morgan fingerprint density at radius 3 is 2.79 bits per heavy atom. The summed E-state index contributed by atoms with van der Waals surface area (Å²) in [7, 11) is 0. The van der Waals surface area contributed by atoms with Crippen molar-refractivity contribution in [3.63, 3.8) is 0 Å². The van der Waals surface area contributed by atoms with Gasteiger partial charge in [0.2, 0.25) is 0 Å². The molecule has 0 amide bonds. The molecule has 0 radical (unpaired) electrons. The minimum absolute atomic E-state index is 0.228. The smallest absolute Gasteiger partial charge is 0.250 e. The molecule has 84 valence electrons. The van der Waals surface area contributed by atoms with Gasteiger partial charge in [0.05, 0.1) is 6.54 Å². The summed E-state index contributed by atoms with van der Waals surface area (Å²) >= 11 is 0. The van der Waals surface area contributed by atoms with E-state index in [1.807, 2.05) is 0 Å². The van der Waals surface area contributed by atoms with E-state index in [1.165, 1.54) is 6.42 Å². The molecule has 0 spiro atoms. The molecule has 0 aromatic heterocycles. The molecule has 0 aliphatic heterocycles. The van der Waals surface area contributed by atoms with E-state index in [4.69, 9.17) is 5.73 Å². The topological polar surface area (TPSA) is 38.0 Å². The van der Waals surface area contributed by atoms with E-state index in [2.05, 4.69) is 12.2 Å². The Morgan fingerprint density at radius 1 is 1.57 bits per heavy atom. The van der Waals surface area contributed by atoms with Crippen LogP contribution in [0.5, 0.6) is 0 Å². The van der Waals surface area contributed by atoms with E-state index in [9.17, 15) is 8.78 Å². The maximum atomic E-state index is 12.1. The summed E-state index contributed by atoms with van der Waals surface area (Å²) in [6, 6.07) is 0. The van der Waals surface area contributed by atoms with Crippen molar-refractivity contribution in [2.45, 2.75) is 44.6 Å². The highest BCUT2D eigenvalue weighted by Gasteiger charge is 2.33. The number of halogens is 2. The van der Waals surface area contributed by atoms with Gasteiger partial charge in [-0.05, 0) is 18.8 Å². The Labute approximate surface area is 84.2 Å². The third-order valence-corrected chi connectivity index (χ3v) is 3.11. The molecule has 3 N–H and O–H groups in total. The lowest BCUT2D eigenvalue weighted by atomic mass is 9.76. The molecule has 0 aromatic rings. The second-order valence-corrected chi connectivity index (χ2v) is 4.46. The number of alkyl halides is 2. The van der Waals surface area contributed by atoms with Gasteiger partial charge >= 0.3 is 0 Å². The fraction of sp³-hybridized carbons (Fsp3) is 1.00. The van der Waals surface area contributed by atoms with Crippen molar-refractivity contribution in [2.24, 2.45) is 11.7 Å². The average molecular weight is 206 g/mol. The Balaban J connectivity index is 2.47. The Morgan fingerprint density at radius 2 is 2.29 bits per heavy atom. The first-order chi connectivity index (χ1) is 6.58. The van der Waals surface area contributed by atoms with Crippen LogP contribution >= 0.6 is 0 Å². The van der Waals surface area contributed by atoms with Gasteiger partial charge in [-0.2, -0.15) is 0 Å². The van der Waals surface area contributed by atoms with E-state index in [1.54, 1.807) is 0 Å². The number of hydrogen-bond acceptors (Lipinski definition) is 2. The second kappa shape index (κ2) is 5.03. The lowest BCUT2D eigenvalue weighted by Gasteiger charge is -2.40. The van der Waals surface area contributed by atoms with Crippen LogP contribution in [-0.2, 0) is 0 Å². The van der Waals surface area contributed by atoms with Crippen molar-refractivity contribution in [2.75, 3.05) is 13.1 Å². The summed E-state index contributed by atoms with van der Waals surface area (Å²) in [5.74, 6) is 0.595. The first-order valence-corrected chi connectivity index (χ1v) is 5.31. The predicted octanol–water partition coefficient (Wildman–Crippen LogP) is 1.75. The molecule has 14 heavy (non-hydrogen) atoms. The zero-order valence-corrected chi connectivity index (χ0v) is 8.73. The van der Waals surface area contributed by atoms with Crippen LogP contribution in [0.1, 0.15) is 32.6 Å². The summed E-state index contributed by atoms with van der Waals surface area (Å²) < 4.78 is 24.2. The minimum Gasteiger partial charge on any atom is -0.329 e. The van der Waals surface area contributed by atoms with Crippen LogP contribution in [-0.4, -0.2) is 25.1 Å². The van der Waals surface area contributed by atoms with Crippen LogP contribution < -0.4 is 11.1 Å². The van der Waals surface area contributed by atoms with Gasteiger partial charge in [-0.15, -0.1) is 0 Å². The molecule has 1 aliphatic carbocycles. The van der Waals surface area contributed by atoms with Gasteiger partial charge in [-0.3, -0.25) is 0 Å². The van der Waals surface area contributed by atoms with Gasteiger partial charge in [0.1, 0.15) is 0 Å². The van der Waals surface area contributed by atoms with E-state index < -0.39 is 6.43 Å². The van der Waals surface area contributed by atoms with Crippen LogP contribution in [0.4, 0.5) is 8.78 Å². The number of nitrogens with two attached hydrogens (primary N) is 1. The van der Waals surface area contributed by atoms with Gasteiger partial charge in [0.15, 0.2) is 0 Å². The molecule has 0 saturated heterocycles. The number of rotatable bonds is 4. The Kier molecular flexibility index (Phi) is 4.26. The number of nitrogens with one attached hydrogen (secondary N) is 1. The lowest BCUT2D eigenvalue weighted by molar-refractivity contribution is 0.111. The maximum absolute atomic E-state index is 12.1. The van der Waals surface area contributed by atoms with Crippen LogP contribution in [0.3, 0.4) is 0 Å². The van der Waals surface area contributed by atoms with Crippen molar-refractivity contribution < 1.29 is 8.78 Å². The average Bonchev–Trinajstić information content (AvgIpc) is 2.15. The fourth-order valence-electron chi connectivity index (χ4n) is 2.37. The quantitative estimate of drug-likeness (QED) is 0.735. The normalized spacial score (nSPS) is 33.6. The molecule has 0 heterocycles. The van der Waals surface area contributed by atoms with Gasteiger partial charge in [-0.25, -0.2) is 8.78 Å². The summed E-state index contributed by atoms with van der Waals surface area (Å²) in [6.07, 6.45) is 1.86. The van der Waals surface area contributed by atoms with Gasteiger partial charge in [-0.1, -0.05) is 19.8 Å². The highest BCUT2D eigenvalue weighted by molar-refractivity contribution is 4.93. The maximum Gasteiger partial charge on any atom is 0.250 e. The first kappa shape index (κ1) is 11.9. The largest absolute Gasteiger partial charge is 0.329 e. The van der Waals surface area contributed by atoms with Gasteiger partial charge in [0, 0.05) is 12.1 Å². The van der Waals surface area contributed by atoms with Crippen LogP contribution in [0, 0.1) is 5.92 Å². The summed E-state index contributed by atoms with van der Waals surface area (Å²) in [5.41, 5.74) is 5.45.